The maximum absolute atomic E-state index is 11.4. The largest absolute Gasteiger partial charge is 0.462 e. The molecule has 0 aromatic rings. The first-order valence-corrected chi connectivity index (χ1v) is 4.68. The number of hydrogen-bond acceptors (Lipinski definition) is 3. The third-order valence-corrected chi connectivity index (χ3v) is 3.81. The molecule has 3 fully saturated rings. The molecule has 3 aliphatic rings. The minimum absolute atomic E-state index is 0.0955. The third kappa shape index (κ3) is 0.716. The van der Waals surface area contributed by atoms with Gasteiger partial charge in [-0.1, -0.05) is 0 Å². The van der Waals surface area contributed by atoms with Crippen LogP contribution in [0.5, 0.6) is 0 Å². The van der Waals surface area contributed by atoms with Crippen molar-refractivity contribution in [2.24, 2.45) is 29.4 Å². The van der Waals surface area contributed by atoms with E-state index in [0.717, 1.165) is 12.8 Å². The first-order chi connectivity index (χ1) is 6.18. The molecular weight excluding hydrogens is 170 g/mol. The van der Waals surface area contributed by atoms with E-state index in [0.29, 0.717) is 5.92 Å². The van der Waals surface area contributed by atoms with Crippen LogP contribution in [0, 0.1) is 23.7 Å². The summed E-state index contributed by atoms with van der Waals surface area (Å²) >= 11 is 0. The molecule has 1 amide bonds. The van der Waals surface area contributed by atoms with Crippen molar-refractivity contribution < 1.29 is 14.3 Å². The molecule has 2 bridgehead atoms. The van der Waals surface area contributed by atoms with E-state index >= 15 is 0 Å². The number of carbonyl (C=O) groups excluding carboxylic acids is 2. The van der Waals surface area contributed by atoms with Gasteiger partial charge in [0, 0.05) is 5.92 Å². The maximum Gasteiger partial charge on any atom is 0.310 e. The van der Waals surface area contributed by atoms with Crippen LogP contribution >= 0.6 is 0 Å². The van der Waals surface area contributed by atoms with E-state index in [2.05, 4.69) is 0 Å². The highest BCUT2D eigenvalue weighted by molar-refractivity contribution is 5.87. The third-order valence-electron chi connectivity index (χ3n) is 3.81. The second-order valence-corrected chi connectivity index (χ2v) is 4.32. The summed E-state index contributed by atoms with van der Waals surface area (Å²) in [6, 6.07) is 0. The van der Waals surface area contributed by atoms with Gasteiger partial charge < -0.3 is 10.5 Å². The van der Waals surface area contributed by atoms with Crippen LogP contribution in [0.4, 0.5) is 0 Å². The molecule has 13 heavy (non-hydrogen) atoms. The number of rotatable bonds is 1. The van der Waals surface area contributed by atoms with Gasteiger partial charge in [-0.25, -0.2) is 0 Å². The van der Waals surface area contributed by atoms with Crippen molar-refractivity contribution in [2.75, 3.05) is 0 Å². The summed E-state index contributed by atoms with van der Waals surface area (Å²) in [5.41, 5.74) is 5.28. The van der Waals surface area contributed by atoms with Crippen molar-refractivity contribution in [3.05, 3.63) is 0 Å². The van der Waals surface area contributed by atoms with Crippen LogP contribution in [0.3, 0.4) is 0 Å². The van der Waals surface area contributed by atoms with Crippen LogP contribution in [-0.4, -0.2) is 18.0 Å². The fourth-order valence-corrected chi connectivity index (χ4v) is 3.40. The SMILES string of the molecule is NC(=O)[C@@H]1[C@@H]2C[C@H]3[C@@H]1C(=O)O[C@H]3C2. The maximum atomic E-state index is 11.4. The Hall–Kier alpha value is -1.06. The molecule has 2 saturated carbocycles. The van der Waals surface area contributed by atoms with Gasteiger partial charge in [0.2, 0.25) is 5.91 Å². The van der Waals surface area contributed by atoms with Gasteiger partial charge in [-0.15, -0.1) is 0 Å². The Labute approximate surface area is 75.4 Å². The lowest BCUT2D eigenvalue weighted by molar-refractivity contribution is -0.145. The minimum Gasteiger partial charge on any atom is -0.462 e. The Morgan fingerprint density at radius 3 is 2.92 bits per heavy atom. The molecule has 1 heterocycles. The molecule has 0 unspecified atom stereocenters. The fraction of sp³-hybridized carbons (Fsp3) is 0.778. The second-order valence-electron chi connectivity index (χ2n) is 4.32. The van der Waals surface area contributed by atoms with Gasteiger partial charge in [-0.2, -0.15) is 0 Å². The zero-order chi connectivity index (χ0) is 9.16. The monoisotopic (exact) mass is 181 g/mol. The van der Waals surface area contributed by atoms with Gasteiger partial charge in [0.15, 0.2) is 0 Å². The van der Waals surface area contributed by atoms with E-state index < -0.39 is 0 Å². The molecule has 1 saturated heterocycles. The highest BCUT2D eigenvalue weighted by Crippen LogP contribution is 2.57. The summed E-state index contributed by atoms with van der Waals surface area (Å²) in [7, 11) is 0. The Bertz CT molecular complexity index is 299. The van der Waals surface area contributed by atoms with Crippen molar-refractivity contribution in [2.45, 2.75) is 18.9 Å². The summed E-state index contributed by atoms with van der Waals surface area (Å²) in [4.78, 5) is 22.5. The molecule has 3 rings (SSSR count). The van der Waals surface area contributed by atoms with E-state index in [1.807, 2.05) is 0 Å². The van der Waals surface area contributed by atoms with Crippen LogP contribution in [0.15, 0.2) is 0 Å². The van der Waals surface area contributed by atoms with Crippen molar-refractivity contribution in [3.63, 3.8) is 0 Å². The predicted octanol–water partition coefficient (Wildman–Crippen LogP) is -0.331. The van der Waals surface area contributed by atoms with E-state index in [4.69, 9.17) is 10.5 Å². The number of amides is 1. The van der Waals surface area contributed by atoms with Crippen LogP contribution in [-0.2, 0) is 14.3 Å². The summed E-state index contributed by atoms with van der Waals surface area (Å²) < 4.78 is 5.17. The molecule has 0 aromatic carbocycles. The van der Waals surface area contributed by atoms with Crippen LogP contribution < -0.4 is 5.73 Å². The number of esters is 1. The first kappa shape index (κ1) is 7.35. The highest BCUT2D eigenvalue weighted by atomic mass is 16.6. The lowest BCUT2D eigenvalue weighted by atomic mass is 9.80. The van der Waals surface area contributed by atoms with E-state index in [1.54, 1.807) is 0 Å². The Morgan fingerprint density at radius 1 is 1.46 bits per heavy atom. The van der Waals surface area contributed by atoms with Crippen LogP contribution in [0.2, 0.25) is 0 Å². The Balaban J connectivity index is 2.01. The smallest absolute Gasteiger partial charge is 0.310 e. The van der Waals surface area contributed by atoms with Crippen molar-refractivity contribution in [3.8, 4) is 0 Å². The Morgan fingerprint density at radius 2 is 2.23 bits per heavy atom. The van der Waals surface area contributed by atoms with E-state index in [1.165, 1.54) is 0 Å². The second kappa shape index (κ2) is 2.05. The highest BCUT2D eigenvalue weighted by Gasteiger charge is 2.63. The van der Waals surface area contributed by atoms with Crippen molar-refractivity contribution in [1.82, 2.24) is 0 Å². The number of ether oxygens (including phenoxy) is 1. The minimum atomic E-state index is -0.324. The lowest BCUT2D eigenvalue weighted by Crippen LogP contribution is -2.36. The summed E-state index contributed by atoms with van der Waals surface area (Å²) in [5, 5.41) is 0. The molecule has 1 aliphatic heterocycles. The van der Waals surface area contributed by atoms with Gasteiger partial charge in [0.25, 0.3) is 0 Å². The van der Waals surface area contributed by atoms with Gasteiger partial charge in [-0.05, 0) is 18.8 Å². The first-order valence-electron chi connectivity index (χ1n) is 4.68. The molecule has 0 radical (unpaired) electrons. The zero-order valence-corrected chi connectivity index (χ0v) is 7.10. The molecule has 0 aromatic heterocycles. The normalized spacial score (nSPS) is 51.1. The molecule has 70 valence electrons. The Kier molecular flexibility index (Phi) is 1.16. The van der Waals surface area contributed by atoms with Gasteiger partial charge in [0.1, 0.15) is 6.10 Å². The lowest BCUT2D eigenvalue weighted by Gasteiger charge is -2.20. The summed E-state index contributed by atoms with van der Waals surface area (Å²) in [6.45, 7) is 0. The standard InChI is InChI=1S/C9H11NO3/c10-8(11)6-3-1-4-5(2-3)13-9(12)7(4)6/h3-7H,1-2H2,(H2,10,11)/t3-,4-,5+,6-,7+/m1/s1. The average Bonchev–Trinajstić information content (AvgIpc) is 2.60. The van der Waals surface area contributed by atoms with Gasteiger partial charge in [-0.3, -0.25) is 9.59 Å². The average molecular weight is 181 g/mol. The topological polar surface area (TPSA) is 69.4 Å². The molecule has 5 atom stereocenters. The van der Waals surface area contributed by atoms with E-state index in [-0.39, 0.29) is 35.7 Å². The zero-order valence-electron chi connectivity index (χ0n) is 7.10. The molecule has 4 heteroatoms. The molecule has 4 nitrogen and oxygen atoms in total. The fourth-order valence-electron chi connectivity index (χ4n) is 3.40. The van der Waals surface area contributed by atoms with Crippen molar-refractivity contribution >= 4 is 11.9 Å². The number of fused-ring (bicyclic) bond motifs is 1. The van der Waals surface area contributed by atoms with Crippen LogP contribution in [0.25, 0.3) is 0 Å². The molecular formula is C9H11NO3. The van der Waals surface area contributed by atoms with E-state index in [9.17, 15) is 9.59 Å². The molecule has 2 aliphatic carbocycles. The number of nitrogens with two attached hydrogens (primary N) is 1. The summed E-state index contributed by atoms with van der Waals surface area (Å²) in [6.07, 6.45) is 1.90. The van der Waals surface area contributed by atoms with Gasteiger partial charge >= 0.3 is 5.97 Å². The van der Waals surface area contributed by atoms with Gasteiger partial charge in [0.05, 0.1) is 11.8 Å². The van der Waals surface area contributed by atoms with Crippen LogP contribution in [0.1, 0.15) is 12.8 Å². The number of carbonyl (C=O) groups is 2. The number of hydrogen-bond donors (Lipinski definition) is 1. The molecule has 0 spiro atoms. The number of primary amides is 1. The summed E-state index contributed by atoms with van der Waals surface area (Å²) in [5.74, 6) is -0.370. The molecule has 2 N–H and O–H groups in total. The quantitative estimate of drug-likeness (QED) is 0.563. The van der Waals surface area contributed by atoms with Crippen molar-refractivity contribution in [1.29, 1.82) is 0 Å². The predicted molar refractivity (Wildman–Crippen MR) is 42.3 cm³/mol.